The highest BCUT2D eigenvalue weighted by molar-refractivity contribution is 8.15. The molecule has 2 nitrogen and oxygen atoms in total. The summed E-state index contributed by atoms with van der Waals surface area (Å²) in [5.74, 6) is -5.77. The van der Waals surface area contributed by atoms with E-state index < -0.39 is 29.0 Å². The number of thioether (sulfide) groups is 1. The molecule has 7 heteroatoms. The molecule has 18 heavy (non-hydrogen) atoms. The summed E-state index contributed by atoms with van der Waals surface area (Å²) in [7, 11) is 0. The van der Waals surface area contributed by atoms with Gasteiger partial charge >= 0.3 is 0 Å². The van der Waals surface area contributed by atoms with E-state index in [-0.39, 0.29) is 16.5 Å². The van der Waals surface area contributed by atoms with Crippen molar-refractivity contribution in [1.29, 1.82) is 0 Å². The molecule has 1 aliphatic heterocycles. The molecule has 0 saturated heterocycles. The van der Waals surface area contributed by atoms with Gasteiger partial charge in [-0.05, 0) is 6.42 Å². The maximum absolute atomic E-state index is 13.4. The summed E-state index contributed by atoms with van der Waals surface area (Å²) >= 11 is 1.30. The first-order chi connectivity index (χ1) is 8.52. The first-order valence-corrected chi connectivity index (χ1v) is 6.22. The van der Waals surface area contributed by atoms with Crippen molar-refractivity contribution < 1.29 is 17.6 Å². The molecule has 1 aliphatic rings. The van der Waals surface area contributed by atoms with Gasteiger partial charge in [0, 0.05) is 11.3 Å². The zero-order valence-corrected chi connectivity index (χ0v) is 10.3. The van der Waals surface area contributed by atoms with Crippen LogP contribution in [0.1, 0.15) is 13.3 Å². The minimum absolute atomic E-state index is 0.175. The molecule has 0 amide bonds. The van der Waals surface area contributed by atoms with Gasteiger partial charge in [0.1, 0.15) is 5.69 Å². The summed E-state index contributed by atoms with van der Waals surface area (Å²) < 4.78 is 52.7. The Balaban J connectivity index is 2.25. The molecular weight excluding hydrogens is 268 g/mol. The number of anilines is 1. The molecule has 0 aliphatic carbocycles. The minimum Gasteiger partial charge on any atom is -0.330 e. The van der Waals surface area contributed by atoms with E-state index in [1.54, 1.807) is 0 Å². The van der Waals surface area contributed by atoms with Gasteiger partial charge in [0.2, 0.25) is 0 Å². The third-order valence-corrected chi connectivity index (χ3v) is 3.79. The lowest BCUT2D eigenvalue weighted by atomic mass is 10.2. The first-order valence-electron chi connectivity index (χ1n) is 5.34. The highest BCUT2D eigenvalue weighted by Gasteiger charge is 2.23. The Morgan fingerprint density at radius 3 is 2.39 bits per heavy atom. The van der Waals surface area contributed by atoms with E-state index in [1.165, 1.54) is 11.8 Å². The molecule has 0 radical (unpaired) electrons. The van der Waals surface area contributed by atoms with E-state index in [0.717, 1.165) is 6.42 Å². The van der Waals surface area contributed by atoms with Gasteiger partial charge in [-0.2, -0.15) is 0 Å². The van der Waals surface area contributed by atoms with Gasteiger partial charge in [-0.1, -0.05) is 18.7 Å². The maximum atomic E-state index is 13.4. The van der Waals surface area contributed by atoms with E-state index in [0.29, 0.717) is 6.54 Å². The Labute approximate surface area is 105 Å². The van der Waals surface area contributed by atoms with Crippen LogP contribution >= 0.6 is 11.8 Å². The third-order valence-electron chi connectivity index (χ3n) is 2.52. The summed E-state index contributed by atoms with van der Waals surface area (Å²) in [5, 5.41) is 2.79. The Morgan fingerprint density at radius 2 is 1.89 bits per heavy atom. The fourth-order valence-corrected chi connectivity index (χ4v) is 2.43. The fourth-order valence-electron chi connectivity index (χ4n) is 1.49. The van der Waals surface area contributed by atoms with Crippen LogP contribution in [0.15, 0.2) is 11.1 Å². The maximum Gasteiger partial charge on any atom is 0.185 e. The predicted octanol–water partition coefficient (Wildman–Crippen LogP) is 3.54. The van der Waals surface area contributed by atoms with E-state index in [2.05, 4.69) is 10.3 Å². The molecule has 1 unspecified atom stereocenters. The second-order valence-electron chi connectivity index (χ2n) is 3.76. The molecule has 1 aromatic carbocycles. The van der Waals surface area contributed by atoms with Crippen LogP contribution < -0.4 is 5.32 Å². The molecule has 1 atom stereocenters. The average molecular weight is 278 g/mol. The molecule has 0 spiro atoms. The number of nitrogens with one attached hydrogen (secondary N) is 1. The predicted molar refractivity (Wildman–Crippen MR) is 63.9 cm³/mol. The zero-order chi connectivity index (χ0) is 13.3. The molecule has 2 rings (SSSR count). The normalized spacial score (nSPS) is 18.9. The fraction of sp³-hybridized carbons (Fsp3) is 0.364. The van der Waals surface area contributed by atoms with Crippen LogP contribution in [0.25, 0.3) is 0 Å². The standard InChI is InChI=1S/C11H10F4N2S/c1-2-5-4-16-11(18-5)17-10-8(14)6(12)3-7(13)9(10)15/h3,5H,2,4H2,1H3,(H,16,17). The Kier molecular flexibility index (Phi) is 3.79. The van der Waals surface area contributed by atoms with Crippen molar-refractivity contribution in [2.24, 2.45) is 4.99 Å². The molecule has 0 bridgehead atoms. The van der Waals surface area contributed by atoms with Crippen LogP contribution in [0.3, 0.4) is 0 Å². The summed E-state index contributed by atoms with van der Waals surface area (Å²) in [6.45, 7) is 2.48. The largest absolute Gasteiger partial charge is 0.330 e. The van der Waals surface area contributed by atoms with Gasteiger partial charge in [-0.3, -0.25) is 4.99 Å². The SMILES string of the molecule is CCC1CN=C(Nc2c(F)c(F)cc(F)c2F)S1. The van der Waals surface area contributed by atoms with Crippen molar-refractivity contribution in [3.63, 3.8) is 0 Å². The van der Waals surface area contributed by atoms with E-state index in [9.17, 15) is 17.6 Å². The lowest BCUT2D eigenvalue weighted by molar-refractivity contribution is 0.459. The number of aliphatic imine (C=N–C) groups is 1. The number of nitrogens with zero attached hydrogens (tertiary/aromatic N) is 1. The lowest BCUT2D eigenvalue weighted by Crippen LogP contribution is -2.12. The molecule has 1 aromatic rings. The van der Waals surface area contributed by atoms with Crippen molar-refractivity contribution >= 4 is 22.6 Å². The number of halogens is 4. The van der Waals surface area contributed by atoms with Crippen molar-refractivity contribution in [2.45, 2.75) is 18.6 Å². The Morgan fingerprint density at radius 1 is 1.28 bits per heavy atom. The number of amidine groups is 1. The Hall–Kier alpha value is -1.24. The summed E-state index contributed by atoms with van der Waals surface area (Å²) in [4.78, 5) is 4.02. The van der Waals surface area contributed by atoms with Crippen LogP contribution in [0.2, 0.25) is 0 Å². The van der Waals surface area contributed by atoms with Crippen molar-refractivity contribution in [3.8, 4) is 0 Å². The number of hydrogen-bond acceptors (Lipinski definition) is 3. The smallest absolute Gasteiger partial charge is 0.185 e. The summed E-state index contributed by atoms with van der Waals surface area (Å²) in [6.07, 6.45) is 0.849. The number of hydrogen-bond donors (Lipinski definition) is 1. The van der Waals surface area contributed by atoms with E-state index in [4.69, 9.17) is 0 Å². The zero-order valence-electron chi connectivity index (χ0n) is 9.44. The Bertz CT molecular complexity index is 478. The van der Waals surface area contributed by atoms with E-state index >= 15 is 0 Å². The highest BCUT2D eigenvalue weighted by atomic mass is 32.2. The van der Waals surface area contributed by atoms with Crippen LogP contribution in [0.4, 0.5) is 23.2 Å². The first kappa shape index (κ1) is 13.2. The van der Waals surface area contributed by atoms with Crippen LogP contribution in [-0.2, 0) is 0 Å². The molecular formula is C11H10F4N2S. The molecule has 98 valence electrons. The van der Waals surface area contributed by atoms with Crippen LogP contribution in [0.5, 0.6) is 0 Å². The number of benzene rings is 1. The average Bonchev–Trinajstić information content (AvgIpc) is 2.80. The summed E-state index contributed by atoms with van der Waals surface area (Å²) in [5.41, 5.74) is -0.837. The molecule has 0 saturated carbocycles. The van der Waals surface area contributed by atoms with Crippen LogP contribution in [-0.4, -0.2) is 17.0 Å². The van der Waals surface area contributed by atoms with Gasteiger partial charge in [0.05, 0.1) is 6.54 Å². The van der Waals surface area contributed by atoms with Gasteiger partial charge in [0.15, 0.2) is 28.4 Å². The second kappa shape index (κ2) is 5.17. The highest BCUT2D eigenvalue weighted by Crippen LogP contribution is 2.29. The molecule has 1 heterocycles. The summed E-state index contributed by atoms with van der Waals surface area (Å²) in [6, 6.07) is 0.175. The molecule has 1 N–H and O–H groups in total. The van der Waals surface area contributed by atoms with Crippen molar-refractivity contribution in [2.75, 3.05) is 11.9 Å². The topological polar surface area (TPSA) is 24.4 Å². The quantitative estimate of drug-likeness (QED) is 0.661. The lowest BCUT2D eigenvalue weighted by Gasteiger charge is -2.10. The van der Waals surface area contributed by atoms with Crippen molar-refractivity contribution in [1.82, 2.24) is 0 Å². The van der Waals surface area contributed by atoms with E-state index in [1.807, 2.05) is 6.92 Å². The van der Waals surface area contributed by atoms with Gasteiger partial charge in [0.25, 0.3) is 0 Å². The monoisotopic (exact) mass is 278 g/mol. The van der Waals surface area contributed by atoms with Gasteiger partial charge in [-0.25, -0.2) is 17.6 Å². The second-order valence-corrected chi connectivity index (χ2v) is 5.05. The van der Waals surface area contributed by atoms with Gasteiger partial charge in [-0.15, -0.1) is 0 Å². The van der Waals surface area contributed by atoms with Gasteiger partial charge < -0.3 is 5.32 Å². The number of rotatable bonds is 2. The van der Waals surface area contributed by atoms with Crippen molar-refractivity contribution in [3.05, 3.63) is 29.3 Å². The molecule has 0 aromatic heterocycles. The van der Waals surface area contributed by atoms with Crippen LogP contribution in [0, 0.1) is 23.3 Å². The third kappa shape index (κ3) is 2.45. The minimum atomic E-state index is -1.45. The molecule has 0 fully saturated rings.